The van der Waals surface area contributed by atoms with Gasteiger partial charge in [0.15, 0.2) is 0 Å². The first-order valence-electron chi connectivity index (χ1n) is 8.61. The van der Waals surface area contributed by atoms with Crippen molar-refractivity contribution in [2.75, 3.05) is 11.4 Å². The summed E-state index contributed by atoms with van der Waals surface area (Å²) in [5.41, 5.74) is 2.85. The highest BCUT2D eigenvalue weighted by Crippen LogP contribution is 2.33. The average Bonchev–Trinajstić information content (AvgIpc) is 3.42. The highest BCUT2D eigenvalue weighted by Gasteiger charge is 2.25. The third-order valence-electron chi connectivity index (χ3n) is 4.84. The zero-order valence-corrected chi connectivity index (χ0v) is 15.9. The summed E-state index contributed by atoms with van der Waals surface area (Å²) in [7, 11) is 0. The molecular weight excluding hydrogens is 378 g/mol. The monoisotopic (exact) mass is 393 g/mol. The van der Waals surface area contributed by atoms with Crippen LogP contribution in [0.1, 0.15) is 5.56 Å². The lowest BCUT2D eigenvalue weighted by Gasteiger charge is -2.17. The molecule has 5 rings (SSSR count). The molecule has 0 saturated carbocycles. The first kappa shape index (κ1) is 16.4. The van der Waals surface area contributed by atoms with Crippen LogP contribution < -0.4 is 10.5 Å². The van der Waals surface area contributed by atoms with Crippen molar-refractivity contribution in [3.05, 3.63) is 69.4 Å². The maximum absolute atomic E-state index is 13.1. The van der Waals surface area contributed by atoms with E-state index in [1.807, 2.05) is 47.2 Å². The number of anilines is 1. The second kappa shape index (κ2) is 6.44. The number of benzene rings is 1. The molecule has 4 heterocycles. The summed E-state index contributed by atoms with van der Waals surface area (Å²) in [6.07, 6.45) is 2.33. The fourth-order valence-corrected chi connectivity index (χ4v) is 5.24. The zero-order chi connectivity index (χ0) is 18.4. The Labute approximate surface area is 163 Å². The van der Waals surface area contributed by atoms with Crippen LogP contribution in [0.2, 0.25) is 0 Å². The maximum atomic E-state index is 13.1. The summed E-state index contributed by atoms with van der Waals surface area (Å²) < 4.78 is 1.43. The Bertz CT molecular complexity index is 1210. The predicted octanol–water partition coefficient (Wildman–Crippen LogP) is 3.78. The molecule has 7 heteroatoms. The number of fused-ring (bicyclic) bond motifs is 2. The van der Waals surface area contributed by atoms with Crippen LogP contribution in [0.15, 0.2) is 58.3 Å². The van der Waals surface area contributed by atoms with Crippen LogP contribution in [0.5, 0.6) is 0 Å². The number of hydrogen-bond donors (Lipinski definition) is 0. The first-order valence-corrected chi connectivity index (χ1v) is 10.4. The van der Waals surface area contributed by atoms with Crippen molar-refractivity contribution in [1.82, 2.24) is 9.55 Å². The molecule has 0 N–H and O–H groups in total. The van der Waals surface area contributed by atoms with Gasteiger partial charge in [0.25, 0.3) is 5.56 Å². The quantitative estimate of drug-likeness (QED) is 0.532. The van der Waals surface area contributed by atoms with E-state index in [0.717, 1.165) is 22.5 Å². The number of carbonyl (C=O) groups excluding carboxylic acids is 1. The molecule has 0 bridgehead atoms. The van der Waals surface area contributed by atoms with Gasteiger partial charge < -0.3 is 4.90 Å². The number of hydrogen-bond acceptors (Lipinski definition) is 5. The van der Waals surface area contributed by atoms with Crippen LogP contribution in [0.25, 0.3) is 20.7 Å². The lowest BCUT2D eigenvalue weighted by Crippen LogP contribution is -2.35. The lowest BCUT2D eigenvalue weighted by molar-refractivity contribution is -0.119. The molecule has 134 valence electrons. The van der Waals surface area contributed by atoms with Crippen LogP contribution in [0.3, 0.4) is 0 Å². The van der Waals surface area contributed by atoms with Crippen molar-refractivity contribution in [1.29, 1.82) is 0 Å². The van der Waals surface area contributed by atoms with Gasteiger partial charge in [-0.1, -0.05) is 24.3 Å². The Morgan fingerprint density at radius 1 is 1.15 bits per heavy atom. The third kappa shape index (κ3) is 2.70. The van der Waals surface area contributed by atoms with Gasteiger partial charge in [0.1, 0.15) is 11.4 Å². The Morgan fingerprint density at radius 3 is 2.89 bits per heavy atom. The van der Waals surface area contributed by atoms with Crippen molar-refractivity contribution in [2.24, 2.45) is 0 Å². The molecule has 27 heavy (non-hydrogen) atoms. The maximum Gasteiger partial charge on any atom is 0.263 e. The highest BCUT2D eigenvalue weighted by molar-refractivity contribution is 7.18. The molecule has 1 aliphatic heterocycles. The molecule has 5 nitrogen and oxygen atoms in total. The number of nitrogens with zero attached hydrogens (tertiary/aromatic N) is 3. The summed E-state index contributed by atoms with van der Waals surface area (Å²) >= 11 is 3.05. The van der Waals surface area contributed by atoms with Gasteiger partial charge in [-0.05, 0) is 29.5 Å². The summed E-state index contributed by atoms with van der Waals surface area (Å²) in [5.74, 6) is -0.0869. The van der Waals surface area contributed by atoms with Crippen molar-refractivity contribution >= 4 is 44.5 Å². The van der Waals surface area contributed by atoms with Crippen LogP contribution >= 0.6 is 22.7 Å². The van der Waals surface area contributed by atoms with E-state index in [1.54, 1.807) is 16.2 Å². The molecule has 1 amide bonds. The van der Waals surface area contributed by atoms with E-state index in [2.05, 4.69) is 4.98 Å². The molecular formula is C20H15N3O2S2. The van der Waals surface area contributed by atoms with Crippen LogP contribution in [-0.2, 0) is 17.8 Å². The second-order valence-electron chi connectivity index (χ2n) is 6.41. The number of aromatic nitrogens is 2. The van der Waals surface area contributed by atoms with Gasteiger partial charge in [0.2, 0.25) is 5.91 Å². The number of rotatable bonds is 3. The smallest absolute Gasteiger partial charge is 0.263 e. The Hall–Kier alpha value is -2.77. The molecule has 0 radical (unpaired) electrons. The highest BCUT2D eigenvalue weighted by atomic mass is 32.1. The molecule has 0 unspecified atom stereocenters. The molecule has 1 aromatic carbocycles. The van der Waals surface area contributed by atoms with E-state index >= 15 is 0 Å². The van der Waals surface area contributed by atoms with E-state index in [0.29, 0.717) is 16.8 Å². The minimum Gasteiger partial charge on any atom is -0.310 e. The molecule has 0 fully saturated rings. The second-order valence-corrected chi connectivity index (χ2v) is 8.21. The van der Waals surface area contributed by atoms with Gasteiger partial charge in [-0.15, -0.1) is 22.7 Å². The number of carbonyl (C=O) groups is 1. The Balaban J connectivity index is 1.51. The normalized spacial score (nSPS) is 13.3. The zero-order valence-electron chi connectivity index (χ0n) is 14.3. The van der Waals surface area contributed by atoms with E-state index < -0.39 is 0 Å². The minimum absolute atomic E-state index is 0.00413. The fraction of sp³-hybridized carbons (Fsp3) is 0.150. The first-order chi connectivity index (χ1) is 13.2. The minimum atomic E-state index is -0.162. The van der Waals surface area contributed by atoms with Crippen LogP contribution in [0, 0.1) is 0 Å². The summed E-state index contributed by atoms with van der Waals surface area (Å²) in [4.78, 5) is 33.8. The molecule has 4 aromatic rings. The van der Waals surface area contributed by atoms with Gasteiger partial charge in [0, 0.05) is 28.1 Å². The summed E-state index contributed by atoms with van der Waals surface area (Å²) in [6.45, 7) is 0.650. The molecule has 0 aliphatic carbocycles. The summed E-state index contributed by atoms with van der Waals surface area (Å²) in [6, 6.07) is 11.9. The molecule has 3 aromatic heterocycles. The topological polar surface area (TPSA) is 55.2 Å². The summed E-state index contributed by atoms with van der Waals surface area (Å²) in [5, 5.41) is 4.55. The van der Waals surface area contributed by atoms with E-state index in [9.17, 15) is 9.59 Å². The molecule has 0 saturated heterocycles. The van der Waals surface area contributed by atoms with Gasteiger partial charge in [-0.3, -0.25) is 14.2 Å². The van der Waals surface area contributed by atoms with E-state index in [4.69, 9.17) is 0 Å². The largest absolute Gasteiger partial charge is 0.310 e. The van der Waals surface area contributed by atoms with Gasteiger partial charge in [0.05, 0.1) is 11.7 Å². The van der Waals surface area contributed by atoms with Crippen LogP contribution in [-0.4, -0.2) is 22.0 Å². The SMILES string of the molecule is O=C(Cn1cnc2scc(-c3cccs3)c2c1=O)N1CCc2ccccc21. The fourth-order valence-electron chi connectivity index (χ4n) is 3.52. The van der Waals surface area contributed by atoms with Gasteiger partial charge >= 0.3 is 0 Å². The Morgan fingerprint density at radius 2 is 2.04 bits per heavy atom. The van der Waals surface area contributed by atoms with Crippen molar-refractivity contribution in [3.8, 4) is 10.4 Å². The third-order valence-corrected chi connectivity index (χ3v) is 6.63. The molecule has 1 aliphatic rings. The van der Waals surface area contributed by atoms with Crippen molar-refractivity contribution in [3.63, 3.8) is 0 Å². The Kier molecular flexibility index (Phi) is 3.91. The number of para-hydroxylation sites is 1. The van der Waals surface area contributed by atoms with E-state index in [-0.39, 0.29) is 18.0 Å². The van der Waals surface area contributed by atoms with Gasteiger partial charge in [-0.2, -0.15) is 0 Å². The standard InChI is InChI=1S/C20H15N3O2S2/c24-17(23-8-7-13-4-1-2-5-15(13)23)10-22-12-21-19-18(20(22)25)14(11-27-19)16-6-3-9-26-16/h1-6,9,11-12H,7-8,10H2. The van der Waals surface area contributed by atoms with Crippen molar-refractivity contribution < 1.29 is 4.79 Å². The molecule has 0 atom stereocenters. The van der Waals surface area contributed by atoms with Crippen LogP contribution in [0.4, 0.5) is 5.69 Å². The van der Waals surface area contributed by atoms with E-state index in [1.165, 1.54) is 27.8 Å². The van der Waals surface area contributed by atoms with Crippen molar-refractivity contribution in [2.45, 2.75) is 13.0 Å². The predicted molar refractivity (Wildman–Crippen MR) is 110 cm³/mol. The average molecular weight is 393 g/mol. The van der Waals surface area contributed by atoms with Gasteiger partial charge in [-0.25, -0.2) is 4.98 Å². The lowest BCUT2D eigenvalue weighted by atomic mass is 10.2. The molecule has 0 spiro atoms. The number of amides is 1. The number of thiophene rings is 2.